The van der Waals surface area contributed by atoms with E-state index < -0.39 is 0 Å². The minimum Gasteiger partial charge on any atom is -0.484 e. The third-order valence-electron chi connectivity index (χ3n) is 2.82. The van der Waals surface area contributed by atoms with Crippen LogP contribution in [0.25, 0.3) is 0 Å². The molecule has 4 nitrogen and oxygen atoms in total. The van der Waals surface area contributed by atoms with Crippen LogP contribution >= 0.6 is 0 Å². The van der Waals surface area contributed by atoms with Gasteiger partial charge in [-0.3, -0.25) is 4.79 Å². The summed E-state index contributed by atoms with van der Waals surface area (Å²) in [7, 11) is 0. The number of hydrazone groups is 1. The van der Waals surface area contributed by atoms with Crippen LogP contribution in [-0.2, 0) is 4.79 Å². The molecule has 0 aromatic heterocycles. The molecule has 2 rings (SSSR count). The van der Waals surface area contributed by atoms with Crippen LogP contribution in [0.2, 0.25) is 0 Å². The van der Waals surface area contributed by atoms with Gasteiger partial charge in [-0.1, -0.05) is 18.2 Å². The highest BCUT2D eigenvalue weighted by Crippen LogP contribution is 2.15. The molecule has 1 N–H and O–H groups in total. The number of hydrogen-bond donors (Lipinski definition) is 1. The fourth-order valence-electron chi connectivity index (χ4n) is 1.96. The standard InChI is InChI=1S/C17H17FN2O2/c1-12-6-13(2)8-16(7-12)22-11-17(21)20-19-10-14-4-3-5-15(18)9-14/h3-10H,11H2,1-2H3,(H,20,21)/b19-10+. The largest absolute Gasteiger partial charge is 0.484 e. The van der Waals surface area contributed by atoms with Gasteiger partial charge in [0, 0.05) is 0 Å². The number of amides is 1. The quantitative estimate of drug-likeness (QED) is 0.682. The van der Waals surface area contributed by atoms with Crippen molar-refractivity contribution in [2.24, 2.45) is 5.10 Å². The van der Waals surface area contributed by atoms with Gasteiger partial charge in [-0.05, 0) is 54.8 Å². The van der Waals surface area contributed by atoms with Crippen molar-refractivity contribution in [3.05, 3.63) is 65.0 Å². The van der Waals surface area contributed by atoms with Gasteiger partial charge < -0.3 is 4.74 Å². The minimum absolute atomic E-state index is 0.136. The molecule has 0 saturated heterocycles. The van der Waals surface area contributed by atoms with Gasteiger partial charge in [0.15, 0.2) is 6.61 Å². The highest BCUT2D eigenvalue weighted by molar-refractivity contribution is 5.82. The number of rotatable bonds is 5. The normalized spacial score (nSPS) is 10.7. The number of nitrogens with zero attached hydrogens (tertiary/aromatic N) is 1. The van der Waals surface area contributed by atoms with E-state index in [-0.39, 0.29) is 18.3 Å². The monoisotopic (exact) mass is 300 g/mol. The Kier molecular flexibility index (Phi) is 5.25. The Balaban J connectivity index is 1.83. The van der Waals surface area contributed by atoms with E-state index in [4.69, 9.17) is 4.74 Å². The summed E-state index contributed by atoms with van der Waals surface area (Å²) in [5, 5.41) is 3.76. The first-order chi connectivity index (χ1) is 10.5. The van der Waals surface area contributed by atoms with Gasteiger partial charge in [-0.2, -0.15) is 5.10 Å². The van der Waals surface area contributed by atoms with Gasteiger partial charge in [0.2, 0.25) is 0 Å². The second kappa shape index (κ2) is 7.36. The minimum atomic E-state index is -0.383. The molecule has 0 aliphatic rings. The molecule has 0 atom stereocenters. The lowest BCUT2D eigenvalue weighted by atomic mass is 10.1. The lowest BCUT2D eigenvalue weighted by Crippen LogP contribution is -2.24. The fourth-order valence-corrected chi connectivity index (χ4v) is 1.96. The average Bonchev–Trinajstić information content (AvgIpc) is 2.44. The van der Waals surface area contributed by atoms with E-state index in [0.29, 0.717) is 11.3 Å². The second-order valence-electron chi connectivity index (χ2n) is 4.96. The molecule has 0 saturated carbocycles. The van der Waals surface area contributed by atoms with Gasteiger partial charge in [0.05, 0.1) is 6.21 Å². The van der Waals surface area contributed by atoms with E-state index in [9.17, 15) is 9.18 Å². The van der Waals surface area contributed by atoms with Crippen LogP contribution in [-0.4, -0.2) is 18.7 Å². The van der Waals surface area contributed by atoms with Crippen molar-refractivity contribution >= 4 is 12.1 Å². The molecule has 0 aliphatic heterocycles. The average molecular weight is 300 g/mol. The predicted molar refractivity (Wildman–Crippen MR) is 83.5 cm³/mol. The van der Waals surface area contributed by atoms with Crippen molar-refractivity contribution in [1.29, 1.82) is 0 Å². The molecular formula is C17H17FN2O2. The van der Waals surface area contributed by atoms with E-state index in [0.717, 1.165) is 11.1 Å². The number of ether oxygens (including phenoxy) is 1. The van der Waals surface area contributed by atoms with Crippen LogP contribution in [0, 0.1) is 19.7 Å². The van der Waals surface area contributed by atoms with E-state index in [2.05, 4.69) is 10.5 Å². The number of carbonyl (C=O) groups excluding carboxylic acids is 1. The number of benzene rings is 2. The Morgan fingerprint density at radius 1 is 1.23 bits per heavy atom. The molecule has 0 bridgehead atoms. The highest BCUT2D eigenvalue weighted by atomic mass is 19.1. The zero-order valence-electron chi connectivity index (χ0n) is 12.5. The van der Waals surface area contributed by atoms with Gasteiger partial charge in [-0.25, -0.2) is 9.82 Å². The van der Waals surface area contributed by atoms with Crippen LogP contribution in [0.15, 0.2) is 47.6 Å². The molecular weight excluding hydrogens is 283 g/mol. The molecule has 0 fully saturated rings. The molecule has 0 unspecified atom stereocenters. The van der Waals surface area contributed by atoms with Crippen molar-refractivity contribution in [2.45, 2.75) is 13.8 Å². The van der Waals surface area contributed by atoms with Crippen LogP contribution in [0.5, 0.6) is 5.75 Å². The van der Waals surface area contributed by atoms with Crippen LogP contribution in [0.1, 0.15) is 16.7 Å². The van der Waals surface area contributed by atoms with Gasteiger partial charge in [0.1, 0.15) is 11.6 Å². The van der Waals surface area contributed by atoms with Crippen molar-refractivity contribution < 1.29 is 13.9 Å². The van der Waals surface area contributed by atoms with Gasteiger partial charge >= 0.3 is 0 Å². The van der Waals surface area contributed by atoms with Crippen molar-refractivity contribution in [3.8, 4) is 5.75 Å². The first-order valence-corrected chi connectivity index (χ1v) is 6.81. The summed E-state index contributed by atoms with van der Waals surface area (Å²) in [5.41, 5.74) is 5.04. The molecule has 0 heterocycles. The van der Waals surface area contributed by atoms with E-state index in [1.54, 1.807) is 12.1 Å². The van der Waals surface area contributed by atoms with Gasteiger partial charge in [-0.15, -0.1) is 0 Å². The third-order valence-corrected chi connectivity index (χ3v) is 2.82. The van der Waals surface area contributed by atoms with E-state index in [1.807, 2.05) is 32.0 Å². The molecule has 2 aromatic rings. The molecule has 114 valence electrons. The molecule has 5 heteroatoms. The van der Waals surface area contributed by atoms with Crippen LogP contribution < -0.4 is 10.2 Å². The number of hydrogen-bond acceptors (Lipinski definition) is 3. The smallest absolute Gasteiger partial charge is 0.277 e. The zero-order chi connectivity index (χ0) is 15.9. The lowest BCUT2D eigenvalue weighted by Gasteiger charge is -2.07. The van der Waals surface area contributed by atoms with Crippen molar-refractivity contribution in [1.82, 2.24) is 5.43 Å². The Morgan fingerprint density at radius 3 is 2.64 bits per heavy atom. The molecule has 2 aromatic carbocycles. The summed E-state index contributed by atoms with van der Waals surface area (Å²) >= 11 is 0. The Labute approximate surface area is 128 Å². The summed E-state index contributed by atoms with van der Waals surface area (Å²) in [4.78, 5) is 11.6. The maximum absolute atomic E-state index is 13.0. The van der Waals surface area contributed by atoms with Crippen LogP contribution in [0.3, 0.4) is 0 Å². The first kappa shape index (κ1) is 15.7. The van der Waals surface area contributed by atoms with Crippen molar-refractivity contribution in [2.75, 3.05) is 6.61 Å². The molecule has 0 spiro atoms. The Morgan fingerprint density at radius 2 is 1.95 bits per heavy atom. The zero-order valence-corrected chi connectivity index (χ0v) is 12.5. The molecule has 0 radical (unpaired) electrons. The highest BCUT2D eigenvalue weighted by Gasteiger charge is 2.02. The van der Waals surface area contributed by atoms with Crippen molar-refractivity contribution in [3.63, 3.8) is 0 Å². The number of nitrogens with one attached hydrogen (secondary N) is 1. The first-order valence-electron chi connectivity index (χ1n) is 6.81. The van der Waals surface area contributed by atoms with Gasteiger partial charge in [0.25, 0.3) is 5.91 Å². The summed E-state index contributed by atoms with van der Waals surface area (Å²) in [6, 6.07) is 11.7. The van der Waals surface area contributed by atoms with Crippen LogP contribution in [0.4, 0.5) is 4.39 Å². The summed E-state index contributed by atoms with van der Waals surface area (Å²) < 4.78 is 18.4. The Hall–Kier alpha value is -2.69. The fraction of sp³-hybridized carbons (Fsp3) is 0.176. The van der Waals surface area contributed by atoms with E-state index >= 15 is 0 Å². The molecule has 0 aliphatic carbocycles. The number of halogens is 1. The third kappa shape index (κ3) is 5.01. The predicted octanol–water partition coefficient (Wildman–Crippen LogP) is 2.97. The molecule has 22 heavy (non-hydrogen) atoms. The Bertz CT molecular complexity index is 679. The maximum Gasteiger partial charge on any atom is 0.277 e. The topological polar surface area (TPSA) is 50.7 Å². The SMILES string of the molecule is Cc1cc(C)cc(OCC(=O)N/N=C/c2cccc(F)c2)c1. The summed E-state index contributed by atoms with van der Waals surface area (Å²) in [6.07, 6.45) is 1.37. The second-order valence-corrected chi connectivity index (χ2v) is 4.96. The number of carbonyl (C=O) groups is 1. The maximum atomic E-state index is 13.0. The molecule has 1 amide bonds. The van der Waals surface area contributed by atoms with E-state index in [1.165, 1.54) is 18.3 Å². The lowest BCUT2D eigenvalue weighted by molar-refractivity contribution is -0.123. The summed E-state index contributed by atoms with van der Waals surface area (Å²) in [6.45, 7) is 3.79. The number of aryl methyl sites for hydroxylation is 2. The summed E-state index contributed by atoms with van der Waals surface area (Å²) in [5.74, 6) is -0.0954.